The summed E-state index contributed by atoms with van der Waals surface area (Å²) >= 11 is 0. The lowest BCUT2D eigenvalue weighted by Crippen LogP contribution is -2.29. The molecule has 1 atom stereocenters. The van der Waals surface area contributed by atoms with Gasteiger partial charge in [-0.15, -0.1) is 12.4 Å². The molecule has 0 saturated heterocycles. The largest absolute Gasteiger partial charge is 0.492 e. The Morgan fingerprint density at radius 1 is 0.850 bits per heavy atom. The van der Waals surface area contributed by atoms with Crippen molar-refractivity contribution in [2.45, 2.75) is 19.4 Å². The minimum atomic E-state index is 0. The summed E-state index contributed by atoms with van der Waals surface area (Å²) in [5.74, 6) is 2.63. The van der Waals surface area contributed by atoms with Gasteiger partial charge in [0.25, 0.3) is 0 Å². The molecule has 0 fully saturated rings. The van der Waals surface area contributed by atoms with Crippen LogP contribution < -0.4 is 24.3 Å². The van der Waals surface area contributed by atoms with Crippen molar-refractivity contribution in [1.29, 1.82) is 0 Å². The standard InChI is InChI=1S/C14H21NO4.ClH/c1-8-10-9(6-7-15-8)11(16-2)13(18-4)14(19-5)12(10)17-3;/h8,15H,6-7H2,1-5H3;1H. The summed E-state index contributed by atoms with van der Waals surface area (Å²) in [7, 11) is 6.51. The van der Waals surface area contributed by atoms with Crippen molar-refractivity contribution in [2.75, 3.05) is 35.0 Å². The molecular weight excluding hydrogens is 282 g/mol. The molecule has 5 nitrogen and oxygen atoms in total. The second-order valence-electron chi connectivity index (χ2n) is 4.45. The summed E-state index contributed by atoms with van der Waals surface area (Å²) in [5, 5.41) is 3.42. The monoisotopic (exact) mass is 303 g/mol. The number of halogens is 1. The van der Waals surface area contributed by atoms with Gasteiger partial charge in [0.2, 0.25) is 11.5 Å². The van der Waals surface area contributed by atoms with E-state index in [2.05, 4.69) is 12.2 Å². The van der Waals surface area contributed by atoms with E-state index >= 15 is 0 Å². The Hall–Kier alpha value is -1.33. The molecule has 0 aromatic heterocycles. The van der Waals surface area contributed by atoms with Crippen LogP contribution in [0.4, 0.5) is 0 Å². The number of rotatable bonds is 4. The quantitative estimate of drug-likeness (QED) is 0.925. The Balaban J connectivity index is 0.00000200. The smallest absolute Gasteiger partial charge is 0.207 e. The van der Waals surface area contributed by atoms with E-state index in [1.807, 2.05) is 0 Å². The van der Waals surface area contributed by atoms with Crippen LogP contribution in [0.2, 0.25) is 0 Å². The molecule has 0 aliphatic carbocycles. The van der Waals surface area contributed by atoms with Gasteiger partial charge < -0.3 is 24.3 Å². The predicted molar refractivity (Wildman–Crippen MR) is 80.0 cm³/mol. The van der Waals surface area contributed by atoms with E-state index < -0.39 is 0 Å². The van der Waals surface area contributed by atoms with Crippen molar-refractivity contribution < 1.29 is 18.9 Å². The average Bonchev–Trinajstić information content (AvgIpc) is 2.44. The second-order valence-corrected chi connectivity index (χ2v) is 4.45. The number of fused-ring (bicyclic) bond motifs is 1. The van der Waals surface area contributed by atoms with Gasteiger partial charge in [-0.25, -0.2) is 0 Å². The van der Waals surface area contributed by atoms with Gasteiger partial charge in [0, 0.05) is 17.2 Å². The second kappa shape index (κ2) is 6.90. The van der Waals surface area contributed by atoms with Gasteiger partial charge in [0.05, 0.1) is 28.4 Å². The maximum Gasteiger partial charge on any atom is 0.207 e. The normalized spacial score (nSPS) is 16.8. The van der Waals surface area contributed by atoms with E-state index in [1.165, 1.54) is 0 Å². The first-order valence-electron chi connectivity index (χ1n) is 6.31. The molecule has 1 aliphatic rings. The van der Waals surface area contributed by atoms with Crippen LogP contribution in [0.15, 0.2) is 0 Å². The van der Waals surface area contributed by atoms with Crippen molar-refractivity contribution in [3.05, 3.63) is 11.1 Å². The topological polar surface area (TPSA) is 49.0 Å². The van der Waals surface area contributed by atoms with Crippen LogP contribution in [0.1, 0.15) is 24.1 Å². The zero-order valence-corrected chi connectivity index (χ0v) is 13.3. The summed E-state index contributed by atoms with van der Waals surface area (Å²) in [6.45, 7) is 3.01. The lowest BCUT2D eigenvalue weighted by molar-refractivity contribution is 0.296. The highest BCUT2D eigenvalue weighted by molar-refractivity contribution is 5.85. The number of methoxy groups -OCH3 is 4. The molecule has 1 N–H and O–H groups in total. The van der Waals surface area contributed by atoms with Crippen LogP contribution in [0.5, 0.6) is 23.0 Å². The van der Waals surface area contributed by atoms with Crippen molar-refractivity contribution in [1.82, 2.24) is 5.32 Å². The van der Waals surface area contributed by atoms with Gasteiger partial charge in [0.1, 0.15) is 0 Å². The number of hydrogen-bond acceptors (Lipinski definition) is 5. The van der Waals surface area contributed by atoms with Gasteiger partial charge in [-0.3, -0.25) is 0 Å². The highest BCUT2D eigenvalue weighted by Gasteiger charge is 2.31. The Labute approximate surface area is 126 Å². The van der Waals surface area contributed by atoms with Crippen molar-refractivity contribution >= 4 is 12.4 Å². The first-order valence-corrected chi connectivity index (χ1v) is 6.31. The number of benzene rings is 1. The minimum Gasteiger partial charge on any atom is -0.492 e. The summed E-state index contributed by atoms with van der Waals surface area (Å²) in [4.78, 5) is 0. The SMILES string of the molecule is COc1c2c(c(OC)c(OC)c1OC)C(C)NCC2.Cl. The number of ether oxygens (including phenoxy) is 4. The fraction of sp³-hybridized carbons (Fsp3) is 0.571. The maximum atomic E-state index is 5.55. The fourth-order valence-electron chi connectivity index (χ4n) is 2.74. The Kier molecular flexibility index (Phi) is 5.77. The molecule has 1 heterocycles. The Morgan fingerprint density at radius 2 is 1.35 bits per heavy atom. The lowest BCUT2D eigenvalue weighted by atomic mass is 9.92. The van der Waals surface area contributed by atoms with Gasteiger partial charge in [0.15, 0.2) is 11.5 Å². The summed E-state index contributed by atoms with van der Waals surface area (Å²) in [6.07, 6.45) is 0.875. The third-order valence-corrected chi connectivity index (χ3v) is 3.54. The van der Waals surface area contributed by atoms with E-state index in [1.54, 1.807) is 28.4 Å². The van der Waals surface area contributed by atoms with E-state index in [-0.39, 0.29) is 18.4 Å². The van der Waals surface area contributed by atoms with Gasteiger partial charge in [-0.1, -0.05) is 0 Å². The van der Waals surface area contributed by atoms with E-state index in [4.69, 9.17) is 18.9 Å². The van der Waals surface area contributed by atoms with Gasteiger partial charge in [-0.2, -0.15) is 0 Å². The highest BCUT2D eigenvalue weighted by atomic mass is 35.5. The first-order chi connectivity index (χ1) is 9.19. The Bertz CT molecular complexity index is 454. The first kappa shape index (κ1) is 16.7. The average molecular weight is 304 g/mol. The molecule has 0 amide bonds. The molecule has 1 unspecified atom stereocenters. The van der Waals surface area contributed by atoms with Gasteiger partial charge >= 0.3 is 0 Å². The summed E-state index contributed by atoms with van der Waals surface area (Å²) < 4.78 is 22.0. The van der Waals surface area contributed by atoms with Crippen LogP contribution in [0.25, 0.3) is 0 Å². The molecular formula is C14H22ClNO4. The van der Waals surface area contributed by atoms with Crippen LogP contribution in [0, 0.1) is 0 Å². The molecule has 0 saturated carbocycles. The zero-order valence-electron chi connectivity index (χ0n) is 12.5. The van der Waals surface area contributed by atoms with Crippen LogP contribution >= 0.6 is 12.4 Å². The molecule has 0 bridgehead atoms. The van der Waals surface area contributed by atoms with Crippen LogP contribution in [-0.2, 0) is 6.42 Å². The molecule has 2 rings (SSSR count). The number of nitrogens with one attached hydrogen (secondary N) is 1. The van der Waals surface area contributed by atoms with E-state index in [0.29, 0.717) is 11.5 Å². The third kappa shape index (κ3) is 2.47. The maximum absolute atomic E-state index is 5.55. The van der Waals surface area contributed by atoms with E-state index in [0.717, 1.165) is 35.6 Å². The molecule has 1 aliphatic heterocycles. The number of hydrogen-bond donors (Lipinski definition) is 1. The van der Waals surface area contributed by atoms with Crippen molar-refractivity contribution in [3.63, 3.8) is 0 Å². The van der Waals surface area contributed by atoms with Crippen LogP contribution in [-0.4, -0.2) is 35.0 Å². The minimum absolute atomic E-state index is 0. The van der Waals surface area contributed by atoms with E-state index in [9.17, 15) is 0 Å². The van der Waals surface area contributed by atoms with Crippen LogP contribution in [0.3, 0.4) is 0 Å². The molecule has 1 aromatic carbocycles. The Morgan fingerprint density at radius 3 is 1.85 bits per heavy atom. The lowest BCUT2D eigenvalue weighted by Gasteiger charge is -2.29. The zero-order chi connectivity index (χ0) is 14.0. The third-order valence-electron chi connectivity index (χ3n) is 3.54. The molecule has 1 aromatic rings. The molecule has 0 spiro atoms. The molecule has 114 valence electrons. The highest BCUT2D eigenvalue weighted by Crippen LogP contribution is 2.52. The van der Waals surface area contributed by atoms with Crippen molar-refractivity contribution in [3.8, 4) is 23.0 Å². The molecule has 6 heteroatoms. The summed E-state index contributed by atoms with van der Waals surface area (Å²) in [6, 6.07) is 0.187. The van der Waals surface area contributed by atoms with Gasteiger partial charge in [-0.05, 0) is 19.9 Å². The molecule has 20 heavy (non-hydrogen) atoms. The summed E-state index contributed by atoms with van der Waals surface area (Å²) in [5.41, 5.74) is 2.21. The predicted octanol–water partition coefficient (Wildman–Crippen LogP) is 2.35. The molecule has 0 radical (unpaired) electrons. The van der Waals surface area contributed by atoms with Crippen molar-refractivity contribution in [2.24, 2.45) is 0 Å². The fourth-order valence-corrected chi connectivity index (χ4v) is 2.74.